The van der Waals surface area contributed by atoms with Crippen LogP contribution in [0.4, 0.5) is 5.82 Å². The van der Waals surface area contributed by atoms with E-state index in [-0.39, 0.29) is 17.7 Å². The van der Waals surface area contributed by atoms with Crippen molar-refractivity contribution in [3.63, 3.8) is 0 Å². The van der Waals surface area contributed by atoms with Crippen LogP contribution in [0, 0.1) is 11.3 Å². The number of pyridine rings is 1. The first-order valence-electron chi connectivity index (χ1n) is 9.15. The lowest BCUT2D eigenvalue weighted by Gasteiger charge is -2.34. The molecule has 3 aromatic heterocycles. The molecule has 150 valence electrons. The maximum Gasteiger partial charge on any atom is 0.259 e. The molecule has 0 unspecified atom stereocenters. The number of nitrogen functional groups attached to an aromatic ring is 1. The molecule has 0 bridgehead atoms. The van der Waals surface area contributed by atoms with E-state index in [1.807, 2.05) is 32.9 Å². The highest BCUT2D eigenvalue weighted by Crippen LogP contribution is 2.33. The number of hydrogen-bond acceptors (Lipinski definition) is 7. The summed E-state index contributed by atoms with van der Waals surface area (Å²) < 4.78 is 1.54. The number of carbonyl (C=O) groups is 1. The lowest BCUT2D eigenvalue weighted by Crippen LogP contribution is -2.47. The van der Waals surface area contributed by atoms with Gasteiger partial charge in [0.2, 0.25) is 0 Å². The molecule has 4 N–H and O–H groups in total. The number of rotatable bonds is 5. The Morgan fingerprint density at radius 3 is 2.38 bits per heavy atom. The summed E-state index contributed by atoms with van der Waals surface area (Å²) in [6.45, 7) is 5.93. The highest BCUT2D eigenvalue weighted by Gasteiger charge is 2.37. The number of carbonyl (C=O) groups excluding carboxylic acids is 1. The number of nitrogens with two attached hydrogens (primary N) is 1. The lowest BCUT2D eigenvalue weighted by atomic mass is 9.72. The summed E-state index contributed by atoms with van der Waals surface area (Å²) in [5.74, 6) is 0.114. The fourth-order valence-electron chi connectivity index (χ4n) is 2.94. The topological polar surface area (TPSA) is 135 Å². The van der Waals surface area contributed by atoms with Crippen LogP contribution in [0.2, 0.25) is 0 Å². The van der Waals surface area contributed by atoms with Crippen molar-refractivity contribution in [3.8, 4) is 11.4 Å². The Labute approximate surface area is 168 Å². The van der Waals surface area contributed by atoms with Crippen LogP contribution in [0.1, 0.15) is 36.7 Å². The van der Waals surface area contributed by atoms with E-state index in [4.69, 9.17) is 11.1 Å². The Hall–Kier alpha value is -3.62. The molecule has 1 amide bonds. The second-order valence-electron chi connectivity index (χ2n) is 7.35. The Morgan fingerprint density at radius 2 is 1.86 bits per heavy atom. The van der Waals surface area contributed by atoms with Gasteiger partial charge in [0.05, 0.1) is 35.3 Å². The normalized spacial score (nSPS) is 13.1. The molecular formula is C20H24N8O. The fourth-order valence-corrected chi connectivity index (χ4v) is 2.94. The van der Waals surface area contributed by atoms with Gasteiger partial charge in [0, 0.05) is 19.4 Å². The molecule has 29 heavy (non-hydrogen) atoms. The van der Waals surface area contributed by atoms with Crippen molar-refractivity contribution in [1.29, 1.82) is 5.41 Å². The van der Waals surface area contributed by atoms with Crippen LogP contribution in [-0.2, 0) is 12.5 Å². The van der Waals surface area contributed by atoms with Crippen LogP contribution in [-0.4, -0.2) is 36.5 Å². The van der Waals surface area contributed by atoms with Crippen molar-refractivity contribution in [3.05, 3.63) is 54.2 Å². The number of amidine groups is 1. The predicted molar refractivity (Wildman–Crippen MR) is 110 cm³/mol. The fraction of sp³-hybridized carbons (Fsp3) is 0.300. The molecule has 0 aliphatic carbocycles. The van der Waals surface area contributed by atoms with E-state index in [2.05, 4.69) is 25.4 Å². The number of anilines is 1. The number of nitrogens with zero attached hydrogens (tertiary/aromatic N) is 5. The van der Waals surface area contributed by atoms with Crippen molar-refractivity contribution in [2.24, 2.45) is 13.0 Å². The van der Waals surface area contributed by atoms with Crippen molar-refractivity contribution < 1.29 is 4.79 Å². The zero-order chi connectivity index (χ0) is 21.2. The van der Waals surface area contributed by atoms with E-state index < -0.39 is 5.41 Å². The molecule has 0 saturated carbocycles. The zero-order valence-electron chi connectivity index (χ0n) is 16.8. The summed E-state index contributed by atoms with van der Waals surface area (Å²) in [5.41, 5.74) is 7.32. The maximum absolute atomic E-state index is 12.5. The third-order valence-corrected chi connectivity index (χ3v) is 5.18. The number of hydrogen-bond donors (Lipinski definition) is 3. The van der Waals surface area contributed by atoms with Crippen molar-refractivity contribution >= 4 is 17.6 Å². The Kier molecular flexibility index (Phi) is 5.40. The molecule has 3 rings (SSSR count). The average molecular weight is 392 g/mol. The van der Waals surface area contributed by atoms with Crippen LogP contribution in [0.3, 0.4) is 0 Å². The van der Waals surface area contributed by atoms with Crippen LogP contribution in [0.15, 0.2) is 43.1 Å². The molecular weight excluding hydrogens is 368 g/mol. The Morgan fingerprint density at radius 1 is 1.14 bits per heavy atom. The minimum atomic E-state index is -0.740. The standard InChI is InChI=1S/C20H24N8O/c1-12(2)20(3,19(22)27-18(29)13-7-26-28(4)11-13)14-5-6-15(23-8-14)16-9-25-17(21)10-24-16/h5-12H,1-4H3,(H2,21,25)(H2,22,27,29)/t20-/m1/s1. The minimum absolute atomic E-state index is 0.0353. The SMILES string of the molecule is CC(C)[C@@](C)(C(=N)NC(=O)c1cnn(C)c1)c1ccc(-c2cnc(N)cn2)nc1. The molecule has 0 radical (unpaired) electrons. The first-order valence-corrected chi connectivity index (χ1v) is 9.15. The van der Waals surface area contributed by atoms with Gasteiger partial charge in [-0.05, 0) is 24.5 Å². The smallest absolute Gasteiger partial charge is 0.259 e. The summed E-state index contributed by atoms with van der Waals surface area (Å²) in [4.78, 5) is 25.2. The molecule has 0 aliphatic rings. The number of aryl methyl sites for hydroxylation is 1. The van der Waals surface area contributed by atoms with E-state index in [1.54, 1.807) is 30.3 Å². The zero-order valence-corrected chi connectivity index (χ0v) is 16.8. The average Bonchev–Trinajstić information content (AvgIpc) is 3.14. The van der Waals surface area contributed by atoms with Gasteiger partial charge < -0.3 is 11.1 Å². The number of aromatic nitrogens is 5. The van der Waals surface area contributed by atoms with Crippen molar-refractivity contribution in [2.75, 3.05) is 5.73 Å². The summed E-state index contributed by atoms with van der Waals surface area (Å²) in [6.07, 6.45) is 7.83. The van der Waals surface area contributed by atoms with E-state index >= 15 is 0 Å². The lowest BCUT2D eigenvalue weighted by molar-refractivity contribution is 0.0973. The van der Waals surface area contributed by atoms with Crippen LogP contribution in [0.5, 0.6) is 0 Å². The predicted octanol–water partition coefficient (Wildman–Crippen LogP) is 2.18. The van der Waals surface area contributed by atoms with E-state index in [1.165, 1.54) is 12.4 Å². The molecule has 0 fully saturated rings. The molecule has 0 saturated heterocycles. The quantitative estimate of drug-likeness (QED) is 0.450. The summed E-state index contributed by atoms with van der Waals surface area (Å²) in [6, 6.07) is 3.72. The van der Waals surface area contributed by atoms with Gasteiger partial charge >= 0.3 is 0 Å². The number of amides is 1. The molecule has 1 atom stereocenters. The van der Waals surface area contributed by atoms with Gasteiger partial charge in [0.1, 0.15) is 17.3 Å². The third kappa shape index (κ3) is 3.98. The Balaban J connectivity index is 1.86. The minimum Gasteiger partial charge on any atom is -0.382 e. The summed E-state index contributed by atoms with van der Waals surface area (Å²) in [7, 11) is 1.74. The second-order valence-corrected chi connectivity index (χ2v) is 7.35. The summed E-state index contributed by atoms with van der Waals surface area (Å²) >= 11 is 0. The van der Waals surface area contributed by atoms with Gasteiger partial charge in [-0.2, -0.15) is 5.10 Å². The second kappa shape index (κ2) is 7.78. The van der Waals surface area contributed by atoms with Gasteiger partial charge in [-0.1, -0.05) is 19.9 Å². The first-order chi connectivity index (χ1) is 13.7. The highest BCUT2D eigenvalue weighted by atomic mass is 16.1. The highest BCUT2D eigenvalue weighted by molar-refractivity contribution is 6.08. The van der Waals surface area contributed by atoms with Crippen LogP contribution in [0.25, 0.3) is 11.4 Å². The summed E-state index contributed by atoms with van der Waals surface area (Å²) in [5, 5.41) is 15.3. The van der Waals surface area contributed by atoms with E-state index in [9.17, 15) is 4.79 Å². The largest absolute Gasteiger partial charge is 0.382 e. The van der Waals surface area contributed by atoms with Crippen molar-refractivity contribution in [2.45, 2.75) is 26.2 Å². The van der Waals surface area contributed by atoms with E-state index in [0.29, 0.717) is 22.8 Å². The maximum atomic E-state index is 12.5. The molecule has 3 aromatic rings. The third-order valence-electron chi connectivity index (χ3n) is 5.18. The van der Waals surface area contributed by atoms with Crippen LogP contribution >= 0.6 is 0 Å². The van der Waals surface area contributed by atoms with Gasteiger partial charge in [0.25, 0.3) is 5.91 Å². The molecule has 0 aliphatic heterocycles. The van der Waals surface area contributed by atoms with Gasteiger partial charge in [-0.25, -0.2) is 9.97 Å². The van der Waals surface area contributed by atoms with Gasteiger partial charge in [-0.3, -0.25) is 19.9 Å². The van der Waals surface area contributed by atoms with E-state index in [0.717, 1.165) is 5.56 Å². The van der Waals surface area contributed by atoms with Gasteiger partial charge in [-0.15, -0.1) is 0 Å². The van der Waals surface area contributed by atoms with Crippen LogP contribution < -0.4 is 11.1 Å². The molecule has 3 heterocycles. The first kappa shape index (κ1) is 20.1. The molecule has 9 heteroatoms. The molecule has 9 nitrogen and oxygen atoms in total. The van der Waals surface area contributed by atoms with Gasteiger partial charge in [0.15, 0.2) is 0 Å². The molecule has 0 spiro atoms. The molecule has 0 aromatic carbocycles. The monoisotopic (exact) mass is 392 g/mol. The number of nitrogens with one attached hydrogen (secondary N) is 2. The Bertz CT molecular complexity index is 1020. The van der Waals surface area contributed by atoms with Crippen molar-refractivity contribution in [1.82, 2.24) is 30.0 Å².